The van der Waals surface area contributed by atoms with Crippen LogP contribution < -0.4 is 4.72 Å². The third-order valence-electron chi connectivity index (χ3n) is 3.32. The Hall–Kier alpha value is -0.570. The van der Waals surface area contributed by atoms with E-state index >= 15 is 0 Å². The molecule has 108 valence electrons. The number of methoxy groups -OCH3 is 1. The first kappa shape index (κ1) is 14.8. The van der Waals surface area contributed by atoms with Gasteiger partial charge < -0.3 is 9.26 Å². The molecule has 1 N–H and O–H groups in total. The molecule has 2 rings (SSSR count). The quantitative estimate of drug-likeness (QED) is 0.877. The van der Waals surface area contributed by atoms with E-state index in [-0.39, 0.29) is 11.4 Å². The van der Waals surface area contributed by atoms with E-state index in [0.29, 0.717) is 11.5 Å². The zero-order valence-electron chi connectivity index (χ0n) is 11.2. The smallest absolute Gasteiger partial charge is 0.246 e. The van der Waals surface area contributed by atoms with Crippen LogP contribution in [0.3, 0.4) is 0 Å². The summed E-state index contributed by atoms with van der Waals surface area (Å²) in [7, 11) is -1.99. The van der Waals surface area contributed by atoms with Crippen molar-refractivity contribution in [2.45, 2.75) is 30.8 Å². The molecule has 1 aliphatic rings. The van der Waals surface area contributed by atoms with Gasteiger partial charge in [-0.1, -0.05) is 5.16 Å². The van der Waals surface area contributed by atoms with Gasteiger partial charge in [0.1, 0.15) is 10.6 Å². The summed E-state index contributed by atoms with van der Waals surface area (Å²) in [6, 6.07) is 0. The molecule has 0 bridgehead atoms. The van der Waals surface area contributed by atoms with Crippen molar-refractivity contribution in [1.29, 1.82) is 0 Å². The van der Waals surface area contributed by atoms with Gasteiger partial charge >= 0.3 is 0 Å². The highest BCUT2D eigenvalue weighted by Crippen LogP contribution is 2.30. The summed E-state index contributed by atoms with van der Waals surface area (Å²) in [4.78, 5) is 0.129. The Balaban J connectivity index is 2.14. The molecule has 0 aliphatic carbocycles. The maximum atomic E-state index is 12.3. The molecule has 1 aromatic rings. The number of rotatable bonds is 5. The summed E-state index contributed by atoms with van der Waals surface area (Å²) in [5.74, 6) is 2.09. The lowest BCUT2D eigenvalue weighted by molar-refractivity contribution is 0.0179. The summed E-state index contributed by atoms with van der Waals surface area (Å²) in [5.41, 5.74) is -0.0336. The fourth-order valence-electron chi connectivity index (χ4n) is 2.12. The Labute approximate surface area is 117 Å². The highest BCUT2D eigenvalue weighted by atomic mass is 32.2. The molecule has 0 aromatic carbocycles. The zero-order valence-corrected chi connectivity index (χ0v) is 12.9. The summed E-state index contributed by atoms with van der Waals surface area (Å²) >= 11 is 1.77. The van der Waals surface area contributed by atoms with Crippen LogP contribution in [0.1, 0.15) is 17.9 Å². The minimum Gasteiger partial charge on any atom is -0.376 e. The number of aromatic nitrogens is 1. The van der Waals surface area contributed by atoms with Crippen LogP contribution in [0.5, 0.6) is 0 Å². The maximum absolute atomic E-state index is 12.3. The summed E-state index contributed by atoms with van der Waals surface area (Å²) < 4.78 is 37.5. The van der Waals surface area contributed by atoms with Crippen molar-refractivity contribution in [3.8, 4) is 0 Å². The molecule has 1 fully saturated rings. The van der Waals surface area contributed by atoms with Gasteiger partial charge in [0, 0.05) is 19.4 Å². The first-order valence-electron chi connectivity index (χ1n) is 5.96. The highest BCUT2D eigenvalue weighted by molar-refractivity contribution is 7.99. The van der Waals surface area contributed by atoms with E-state index in [0.717, 1.165) is 17.9 Å². The second kappa shape index (κ2) is 5.43. The third kappa shape index (κ3) is 2.96. The molecule has 6 nitrogen and oxygen atoms in total. The molecule has 1 aliphatic heterocycles. The zero-order chi connectivity index (χ0) is 14.1. The Morgan fingerprint density at radius 1 is 1.53 bits per heavy atom. The number of sulfonamides is 1. The van der Waals surface area contributed by atoms with Crippen LogP contribution in [0, 0.1) is 13.8 Å². The van der Waals surface area contributed by atoms with E-state index in [4.69, 9.17) is 9.26 Å². The van der Waals surface area contributed by atoms with Crippen LogP contribution in [0.15, 0.2) is 9.42 Å². The Kier molecular flexibility index (Phi) is 4.24. The number of thioether (sulfide) groups is 1. The number of hydrogen-bond acceptors (Lipinski definition) is 6. The largest absolute Gasteiger partial charge is 0.376 e. The number of nitrogens with zero attached hydrogens (tertiary/aromatic N) is 1. The van der Waals surface area contributed by atoms with Gasteiger partial charge in [-0.2, -0.15) is 11.8 Å². The van der Waals surface area contributed by atoms with Gasteiger partial charge in [-0.3, -0.25) is 0 Å². The molecule has 1 atom stereocenters. The van der Waals surface area contributed by atoms with Gasteiger partial charge in [0.25, 0.3) is 0 Å². The SMILES string of the molecule is CO[C@@]1(CNS(=O)(=O)c2c(C)noc2C)CCSC1. The van der Waals surface area contributed by atoms with Crippen molar-refractivity contribution in [3.05, 3.63) is 11.5 Å². The average molecular weight is 306 g/mol. The van der Waals surface area contributed by atoms with Crippen molar-refractivity contribution >= 4 is 21.8 Å². The molecule has 0 spiro atoms. The predicted octanol–water partition coefficient (Wildman–Crippen LogP) is 1.09. The number of ether oxygens (including phenoxy) is 1. The van der Waals surface area contributed by atoms with Crippen LogP contribution in [0.25, 0.3) is 0 Å². The van der Waals surface area contributed by atoms with Gasteiger partial charge in [-0.25, -0.2) is 13.1 Å². The Morgan fingerprint density at radius 3 is 2.74 bits per heavy atom. The molecule has 0 saturated carbocycles. The van der Waals surface area contributed by atoms with Crippen molar-refractivity contribution in [2.75, 3.05) is 25.2 Å². The fraction of sp³-hybridized carbons (Fsp3) is 0.727. The van der Waals surface area contributed by atoms with Crippen molar-refractivity contribution < 1.29 is 17.7 Å². The molecular formula is C11H18N2O4S2. The Morgan fingerprint density at radius 2 is 2.26 bits per heavy atom. The summed E-state index contributed by atoms with van der Waals surface area (Å²) in [6.07, 6.45) is 0.846. The number of aryl methyl sites for hydroxylation is 2. The van der Waals surface area contributed by atoms with Gasteiger partial charge in [0.2, 0.25) is 10.0 Å². The lowest BCUT2D eigenvalue weighted by Gasteiger charge is -2.26. The second-order valence-corrected chi connectivity index (χ2v) is 7.48. The average Bonchev–Trinajstić information content (AvgIpc) is 2.95. The van der Waals surface area contributed by atoms with E-state index in [1.165, 1.54) is 0 Å². The second-order valence-electron chi connectivity index (χ2n) is 4.67. The maximum Gasteiger partial charge on any atom is 0.246 e. The van der Waals surface area contributed by atoms with E-state index in [9.17, 15) is 8.42 Å². The minimum absolute atomic E-state index is 0.129. The highest BCUT2D eigenvalue weighted by Gasteiger charge is 2.36. The molecule has 0 unspecified atom stereocenters. The van der Waals surface area contributed by atoms with Crippen LogP contribution in [0.2, 0.25) is 0 Å². The number of hydrogen-bond donors (Lipinski definition) is 1. The van der Waals surface area contributed by atoms with Gasteiger partial charge in [0.15, 0.2) is 5.76 Å². The molecule has 1 saturated heterocycles. The fourth-order valence-corrected chi connectivity index (χ4v) is 4.95. The standard InChI is InChI=1S/C11H18N2O4S2/c1-8-10(9(2)17-13-8)19(14,15)12-6-11(16-3)4-5-18-7-11/h12H,4-7H2,1-3H3/t11-/m1/s1. The van der Waals surface area contributed by atoms with E-state index in [1.54, 1.807) is 32.7 Å². The van der Waals surface area contributed by atoms with Crippen molar-refractivity contribution in [3.63, 3.8) is 0 Å². The topological polar surface area (TPSA) is 81.4 Å². The molecule has 8 heteroatoms. The molecule has 0 radical (unpaired) electrons. The molecule has 2 heterocycles. The molecule has 0 amide bonds. The van der Waals surface area contributed by atoms with Crippen molar-refractivity contribution in [2.24, 2.45) is 0 Å². The minimum atomic E-state index is -3.61. The molecule has 1 aromatic heterocycles. The van der Waals surface area contributed by atoms with E-state index in [1.807, 2.05) is 0 Å². The van der Waals surface area contributed by atoms with Gasteiger partial charge in [-0.15, -0.1) is 0 Å². The first-order chi connectivity index (χ1) is 8.90. The summed E-state index contributed by atoms with van der Waals surface area (Å²) in [5, 5.41) is 3.67. The van der Waals surface area contributed by atoms with E-state index in [2.05, 4.69) is 9.88 Å². The van der Waals surface area contributed by atoms with Crippen LogP contribution >= 0.6 is 11.8 Å². The lowest BCUT2D eigenvalue weighted by Crippen LogP contribution is -2.44. The van der Waals surface area contributed by atoms with Crippen LogP contribution in [-0.4, -0.2) is 44.3 Å². The Bertz CT molecular complexity index is 528. The van der Waals surface area contributed by atoms with Crippen molar-refractivity contribution in [1.82, 2.24) is 9.88 Å². The molecule has 19 heavy (non-hydrogen) atoms. The monoisotopic (exact) mass is 306 g/mol. The third-order valence-corrected chi connectivity index (χ3v) is 6.19. The van der Waals surface area contributed by atoms with Gasteiger partial charge in [0.05, 0.1) is 5.60 Å². The summed E-state index contributed by atoms with van der Waals surface area (Å²) in [6.45, 7) is 3.47. The molecular weight excluding hydrogens is 288 g/mol. The normalized spacial score (nSPS) is 23.9. The number of nitrogens with one attached hydrogen (secondary N) is 1. The van der Waals surface area contributed by atoms with E-state index < -0.39 is 15.6 Å². The predicted molar refractivity (Wildman–Crippen MR) is 72.8 cm³/mol. The van der Waals surface area contributed by atoms with Gasteiger partial charge in [-0.05, 0) is 26.0 Å². The van der Waals surface area contributed by atoms with Crippen LogP contribution in [-0.2, 0) is 14.8 Å². The van der Waals surface area contributed by atoms with Crippen LogP contribution in [0.4, 0.5) is 0 Å². The lowest BCUT2D eigenvalue weighted by atomic mass is 10.0. The first-order valence-corrected chi connectivity index (χ1v) is 8.59.